The van der Waals surface area contributed by atoms with Gasteiger partial charge in [-0.1, -0.05) is 6.42 Å². The van der Waals surface area contributed by atoms with Crippen LogP contribution in [0.3, 0.4) is 0 Å². The van der Waals surface area contributed by atoms with Crippen molar-refractivity contribution >= 4 is 0 Å². The van der Waals surface area contributed by atoms with Crippen LogP contribution < -0.4 is 5.32 Å². The number of nitrogens with zero attached hydrogens (tertiary/aromatic N) is 3. The summed E-state index contributed by atoms with van der Waals surface area (Å²) in [5.74, 6) is 1.69. The molecule has 0 bridgehead atoms. The Hall–Kier alpha value is -1.75. The molecule has 0 aromatic carbocycles. The highest BCUT2D eigenvalue weighted by atomic mass is 15.2. The third-order valence-corrected chi connectivity index (χ3v) is 3.08. The van der Waals surface area contributed by atoms with Crippen molar-refractivity contribution in [3.8, 4) is 11.4 Å². The summed E-state index contributed by atoms with van der Waals surface area (Å²) in [6, 6.07) is 4.16. The number of pyridine rings is 1. The molecule has 5 nitrogen and oxygen atoms in total. The third kappa shape index (κ3) is 2.19. The second-order valence-corrected chi connectivity index (χ2v) is 4.28. The van der Waals surface area contributed by atoms with Crippen molar-refractivity contribution in [2.45, 2.75) is 25.3 Å². The first-order valence-electron chi connectivity index (χ1n) is 5.99. The lowest BCUT2D eigenvalue weighted by Crippen LogP contribution is -2.27. The fourth-order valence-electron chi connectivity index (χ4n) is 2.15. The Balaban J connectivity index is 1.83. The van der Waals surface area contributed by atoms with Gasteiger partial charge in [0.2, 0.25) is 0 Å². The largest absolute Gasteiger partial charge is 0.307 e. The molecule has 17 heavy (non-hydrogen) atoms. The minimum Gasteiger partial charge on any atom is -0.307 e. The molecule has 2 aromatic rings. The molecule has 1 saturated heterocycles. The van der Waals surface area contributed by atoms with Gasteiger partial charge in [-0.05, 0) is 31.5 Å². The van der Waals surface area contributed by atoms with Gasteiger partial charge in [0.25, 0.3) is 0 Å². The van der Waals surface area contributed by atoms with Crippen LogP contribution in [0.4, 0.5) is 0 Å². The first-order chi connectivity index (χ1) is 8.43. The zero-order valence-electron chi connectivity index (χ0n) is 9.56. The highest BCUT2D eigenvalue weighted by Gasteiger charge is 2.18. The predicted octanol–water partition coefficient (Wildman–Crippen LogP) is 1.68. The molecule has 3 rings (SSSR count). The lowest BCUT2D eigenvalue weighted by Gasteiger charge is -2.20. The minimum atomic E-state index is 0.326. The monoisotopic (exact) mass is 229 g/mol. The van der Waals surface area contributed by atoms with Gasteiger partial charge in [-0.25, -0.2) is 4.98 Å². The smallest absolute Gasteiger partial charge is 0.181 e. The van der Waals surface area contributed by atoms with Crippen LogP contribution in [0.25, 0.3) is 11.4 Å². The Kier molecular flexibility index (Phi) is 2.83. The van der Waals surface area contributed by atoms with Crippen LogP contribution in [-0.4, -0.2) is 26.7 Å². The molecule has 88 valence electrons. The zero-order chi connectivity index (χ0) is 11.5. The van der Waals surface area contributed by atoms with Crippen LogP contribution in [-0.2, 0) is 0 Å². The van der Waals surface area contributed by atoms with Gasteiger partial charge in [0.05, 0.1) is 6.04 Å². The molecule has 0 spiro atoms. The molecule has 5 heteroatoms. The average molecular weight is 229 g/mol. The lowest BCUT2D eigenvalue weighted by molar-refractivity contribution is 0.398. The van der Waals surface area contributed by atoms with E-state index in [0.717, 1.165) is 30.2 Å². The van der Waals surface area contributed by atoms with Crippen molar-refractivity contribution in [3.05, 3.63) is 30.4 Å². The SMILES string of the molecule is c1cc(-c2n[nH]c(C3CCCCN3)n2)ccn1. The second kappa shape index (κ2) is 4.63. The van der Waals surface area contributed by atoms with E-state index in [1.807, 2.05) is 12.1 Å². The molecular formula is C12H15N5. The highest BCUT2D eigenvalue weighted by Crippen LogP contribution is 2.21. The molecule has 0 aliphatic carbocycles. The van der Waals surface area contributed by atoms with Crippen molar-refractivity contribution in [2.24, 2.45) is 0 Å². The molecule has 0 radical (unpaired) electrons. The molecule has 1 aliphatic heterocycles. The summed E-state index contributed by atoms with van der Waals surface area (Å²) in [6.45, 7) is 1.07. The van der Waals surface area contributed by atoms with Crippen molar-refractivity contribution < 1.29 is 0 Å². The van der Waals surface area contributed by atoms with Crippen molar-refractivity contribution in [2.75, 3.05) is 6.54 Å². The Morgan fingerprint density at radius 3 is 2.82 bits per heavy atom. The van der Waals surface area contributed by atoms with Crippen LogP contribution in [0.5, 0.6) is 0 Å². The normalized spacial score (nSPS) is 20.4. The molecule has 1 unspecified atom stereocenters. The maximum Gasteiger partial charge on any atom is 0.181 e. The van der Waals surface area contributed by atoms with Crippen molar-refractivity contribution in [1.82, 2.24) is 25.5 Å². The first kappa shape index (κ1) is 10.4. The second-order valence-electron chi connectivity index (χ2n) is 4.28. The molecular weight excluding hydrogens is 214 g/mol. The van der Waals surface area contributed by atoms with E-state index >= 15 is 0 Å². The van der Waals surface area contributed by atoms with E-state index in [9.17, 15) is 0 Å². The van der Waals surface area contributed by atoms with Crippen LogP contribution >= 0.6 is 0 Å². The number of nitrogens with one attached hydrogen (secondary N) is 2. The van der Waals surface area contributed by atoms with E-state index in [0.29, 0.717) is 6.04 Å². The lowest BCUT2D eigenvalue weighted by atomic mass is 10.0. The topological polar surface area (TPSA) is 66.5 Å². The van der Waals surface area contributed by atoms with E-state index in [4.69, 9.17) is 0 Å². The molecule has 3 heterocycles. The van der Waals surface area contributed by atoms with Gasteiger partial charge in [-0.3, -0.25) is 10.1 Å². The fraction of sp³-hybridized carbons (Fsp3) is 0.417. The van der Waals surface area contributed by atoms with Gasteiger partial charge in [0.15, 0.2) is 5.82 Å². The Labute approximate surface area is 99.7 Å². The van der Waals surface area contributed by atoms with Crippen molar-refractivity contribution in [3.63, 3.8) is 0 Å². The van der Waals surface area contributed by atoms with E-state index < -0.39 is 0 Å². The van der Waals surface area contributed by atoms with Crippen LogP contribution in [0.2, 0.25) is 0 Å². The van der Waals surface area contributed by atoms with E-state index in [1.165, 1.54) is 12.8 Å². The summed E-state index contributed by atoms with van der Waals surface area (Å²) in [7, 11) is 0. The third-order valence-electron chi connectivity index (χ3n) is 3.08. The van der Waals surface area contributed by atoms with Gasteiger partial charge in [0.1, 0.15) is 5.82 Å². The quantitative estimate of drug-likeness (QED) is 0.822. The van der Waals surface area contributed by atoms with Crippen LogP contribution in [0.1, 0.15) is 31.1 Å². The van der Waals surface area contributed by atoms with Crippen LogP contribution in [0, 0.1) is 0 Å². The molecule has 0 amide bonds. The number of aromatic nitrogens is 4. The van der Waals surface area contributed by atoms with Gasteiger partial charge >= 0.3 is 0 Å². The molecule has 0 saturated carbocycles. The summed E-state index contributed by atoms with van der Waals surface area (Å²) in [5, 5.41) is 10.7. The molecule has 1 aliphatic rings. The van der Waals surface area contributed by atoms with E-state index in [1.54, 1.807) is 12.4 Å². The molecule has 2 aromatic heterocycles. The highest BCUT2D eigenvalue weighted by molar-refractivity contribution is 5.52. The Morgan fingerprint density at radius 2 is 2.06 bits per heavy atom. The number of rotatable bonds is 2. The van der Waals surface area contributed by atoms with Gasteiger partial charge in [-0.2, -0.15) is 5.10 Å². The first-order valence-corrected chi connectivity index (χ1v) is 5.99. The Bertz CT molecular complexity index is 473. The van der Waals surface area contributed by atoms with Gasteiger partial charge in [-0.15, -0.1) is 0 Å². The van der Waals surface area contributed by atoms with Crippen molar-refractivity contribution in [1.29, 1.82) is 0 Å². The molecule has 2 N–H and O–H groups in total. The standard InChI is InChI=1S/C12H15N5/c1-2-6-14-10(3-1)12-15-11(16-17-12)9-4-7-13-8-5-9/h4-5,7-8,10,14H,1-3,6H2,(H,15,16,17). The summed E-state index contributed by atoms with van der Waals surface area (Å²) in [6.07, 6.45) is 7.14. The van der Waals surface area contributed by atoms with E-state index in [-0.39, 0.29) is 0 Å². The maximum atomic E-state index is 4.55. The van der Waals surface area contributed by atoms with E-state index in [2.05, 4.69) is 25.5 Å². The zero-order valence-corrected chi connectivity index (χ0v) is 9.56. The minimum absolute atomic E-state index is 0.326. The average Bonchev–Trinajstić information content (AvgIpc) is 2.90. The summed E-state index contributed by atoms with van der Waals surface area (Å²) in [4.78, 5) is 8.54. The maximum absolute atomic E-state index is 4.55. The fourth-order valence-corrected chi connectivity index (χ4v) is 2.15. The van der Waals surface area contributed by atoms with Gasteiger partial charge < -0.3 is 5.32 Å². The Morgan fingerprint density at radius 1 is 1.18 bits per heavy atom. The van der Waals surface area contributed by atoms with Gasteiger partial charge in [0, 0.05) is 18.0 Å². The number of piperidine rings is 1. The number of hydrogen-bond acceptors (Lipinski definition) is 4. The summed E-state index contributed by atoms with van der Waals surface area (Å²) >= 11 is 0. The number of aromatic amines is 1. The molecule has 1 fully saturated rings. The number of hydrogen-bond donors (Lipinski definition) is 2. The molecule has 1 atom stereocenters. The number of H-pyrrole nitrogens is 1. The predicted molar refractivity (Wildman–Crippen MR) is 64.2 cm³/mol. The van der Waals surface area contributed by atoms with Crippen LogP contribution in [0.15, 0.2) is 24.5 Å². The summed E-state index contributed by atoms with van der Waals surface area (Å²) in [5.41, 5.74) is 0.998. The summed E-state index contributed by atoms with van der Waals surface area (Å²) < 4.78 is 0.